The smallest absolute Gasteiger partial charge is 0.229 e. The Hall–Kier alpha value is -2.61. The van der Waals surface area contributed by atoms with Crippen LogP contribution in [0.15, 0.2) is 30.5 Å². The van der Waals surface area contributed by atoms with E-state index in [-0.39, 0.29) is 11.8 Å². The Morgan fingerprint density at radius 3 is 2.65 bits per heavy atom. The van der Waals surface area contributed by atoms with Crippen molar-refractivity contribution in [3.05, 3.63) is 47.2 Å². The Balaban J connectivity index is 1.76. The number of nitrogens with zero attached hydrogens (tertiary/aromatic N) is 3. The summed E-state index contributed by atoms with van der Waals surface area (Å²) in [5, 5.41) is 15.8. The first kappa shape index (κ1) is 12.4. The minimum atomic E-state index is -0.0751. The highest BCUT2D eigenvalue weighted by molar-refractivity contribution is 5.93. The first-order chi connectivity index (χ1) is 9.69. The van der Waals surface area contributed by atoms with Crippen molar-refractivity contribution in [3.63, 3.8) is 0 Å². The van der Waals surface area contributed by atoms with Crippen molar-refractivity contribution in [2.24, 2.45) is 13.0 Å². The molecule has 0 saturated heterocycles. The third-order valence-corrected chi connectivity index (χ3v) is 3.72. The van der Waals surface area contributed by atoms with Gasteiger partial charge in [0.05, 0.1) is 6.20 Å². The summed E-state index contributed by atoms with van der Waals surface area (Å²) in [6, 6.07) is 10.1. The SMILES string of the molecule is Cn1ncc(C#N)c1NC(=O)C1Cc2ccccc2C1. The highest BCUT2D eigenvalue weighted by Gasteiger charge is 2.28. The van der Waals surface area contributed by atoms with Crippen molar-refractivity contribution in [2.75, 3.05) is 5.32 Å². The van der Waals surface area contributed by atoms with Crippen molar-refractivity contribution in [3.8, 4) is 6.07 Å². The van der Waals surface area contributed by atoms with E-state index >= 15 is 0 Å². The van der Waals surface area contributed by atoms with Gasteiger partial charge in [0, 0.05) is 13.0 Å². The first-order valence-corrected chi connectivity index (χ1v) is 6.49. The molecule has 0 radical (unpaired) electrons. The van der Waals surface area contributed by atoms with E-state index < -0.39 is 0 Å². The van der Waals surface area contributed by atoms with Crippen LogP contribution in [0.1, 0.15) is 16.7 Å². The Labute approximate surface area is 116 Å². The third-order valence-electron chi connectivity index (χ3n) is 3.72. The minimum Gasteiger partial charge on any atom is -0.310 e. The monoisotopic (exact) mass is 266 g/mol. The third kappa shape index (κ3) is 2.05. The van der Waals surface area contributed by atoms with E-state index in [9.17, 15) is 4.79 Å². The van der Waals surface area contributed by atoms with Crippen LogP contribution in [0.4, 0.5) is 5.82 Å². The highest BCUT2D eigenvalue weighted by Crippen LogP contribution is 2.27. The number of anilines is 1. The maximum absolute atomic E-state index is 12.3. The number of rotatable bonds is 2. The number of amides is 1. The first-order valence-electron chi connectivity index (χ1n) is 6.49. The predicted molar refractivity (Wildman–Crippen MR) is 73.9 cm³/mol. The predicted octanol–water partition coefficient (Wildman–Crippen LogP) is 1.65. The van der Waals surface area contributed by atoms with Gasteiger partial charge in [0.15, 0.2) is 0 Å². The van der Waals surface area contributed by atoms with Crippen LogP contribution < -0.4 is 5.32 Å². The van der Waals surface area contributed by atoms with E-state index in [0.29, 0.717) is 11.4 Å². The molecule has 1 aliphatic rings. The topological polar surface area (TPSA) is 70.7 Å². The van der Waals surface area contributed by atoms with Crippen LogP contribution in [0.5, 0.6) is 0 Å². The number of benzene rings is 1. The molecule has 0 spiro atoms. The molecule has 0 atom stereocenters. The Morgan fingerprint density at radius 2 is 2.05 bits per heavy atom. The number of carbonyl (C=O) groups excluding carboxylic acids is 1. The van der Waals surface area contributed by atoms with Crippen LogP contribution in [0.3, 0.4) is 0 Å². The molecule has 0 fully saturated rings. The second-order valence-electron chi connectivity index (χ2n) is 5.01. The largest absolute Gasteiger partial charge is 0.310 e. The summed E-state index contributed by atoms with van der Waals surface area (Å²) in [7, 11) is 1.71. The van der Waals surface area contributed by atoms with Gasteiger partial charge in [-0.2, -0.15) is 10.4 Å². The molecular weight excluding hydrogens is 252 g/mol. The number of aromatic nitrogens is 2. The number of hydrogen-bond acceptors (Lipinski definition) is 3. The number of hydrogen-bond donors (Lipinski definition) is 1. The molecule has 1 aromatic heterocycles. The van der Waals surface area contributed by atoms with Crippen LogP contribution in [0.25, 0.3) is 0 Å². The molecule has 0 bridgehead atoms. The van der Waals surface area contributed by atoms with E-state index in [1.165, 1.54) is 22.0 Å². The lowest BCUT2D eigenvalue weighted by atomic mass is 10.1. The van der Waals surface area contributed by atoms with Crippen LogP contribution in [-0.4, -0.2) is 15.7 Å². The quantitative estimate of drug-likeness (QED) is 0.898. The molecule has 5 nitrogen and oxygen atoms in total. The van der Waals surface area contributed by atoms with Crippen LogP contribution in [0, 0.1) is 17.2 Å². The highest BCUT2D eigenvalue weighted by atomic mass is 16.2. The van der Waals surface area contributed by atoms with Gasteiger partial charge in [0.1, 0.15) is 17.5 Å². The molecule has 2 aromatic rings. The number of carbonyl (C=O) groups is 1. The maximum Gasteiger partial charge on any atom is 0.229 e. The molecule has 100 valence electrons. The molecule has 1 N–H and O–H groups in total. The summed E-state index contributed by atoms with van der Waals surface area (Å²) in [4.78, 5) is 12.3. The van der Waals surface area contributed by atoms with Crippen molar-refractivity contribution in [1.29, 1.82) is 5.26 Å². The van der Waals surface area contributed by atoms with E-state index in [0.717, 1.165) is 12.8 Å². The number of nitrogens with one attached hydrogen (secondary N) is 1. The molecular formula is C15H14N4O. The van der Waals surface area contributed by atoms with Crippen LogP contribution in [0.2, 0.25) is 0 Å². The van der Waals surface area contributed by atoms with Gasteiger partial charge >= 0.3 is 0 Å². The minimum absolute atomic E-state index is 0.0544. The standard InChI is InChI=1S/C15H14N4O/c1-19-14(13(8-16)9-17-19)18-15(20)12-6-10-4-2-3-5-11(10)7-12/h2-5,9,12H,6-7H2,1H3,(H,18,20). The number of aryl methyl sites for hydroxylation is 1. The van der Waals surface area contributed by atoms with Gasteiger partial charge in [0.2, 0.25) is 5.91 Å². The second-order valence-corrected chi connectivity index (χ2v) is 5.01. The molecule has 1 amide bonds. The lowest BCUT2D eigenvalue weighted by molar-refractivity contribution is -0.119. The zero-order valence-electron chi connectivity index (χ0n) is 11.1. The Kier molecular flexibility index (Phi) is 2.99. The molecule has 3 rings (SSSR count). The van der Waals surface area contributed by atoms with Gasteiger partial charge in [-0.25, -0.2) is 0 Å². The zero-order chi connectivity index (χ0) is 14.1. The molecule has 5 heteroatoms. The fourth-order valence-corrected chi connectivity index (χ4v) is 2.63. The van der Waals surface area contributed by atoms with Crippen LogP contribution >= 0.6 is 0 Å². The van der Waals surface area contributed by atoms with Crippen molar-refractivity contribution < 1.29 is 4.79 Å². The molecule has 20 heavy (non-hydrogen) atoms. The van der Waals surface area contributed by atoms with E-state index in [2.05, 4.69) is 22.5 Å². The Bertz CT molecular complexity index is 686. The Morgan fingerprint density at radius 1 is 1.40 bits per heavy atom. The van der Waals surface area contributed by atoms with Gasteiger partial charge in [-0.1, -0.05) is 24.3 Å². The van der Waals surface area contributed by atoms with Gasteiger partial charge in [-0.05, 0) is 24.0 Å². The molecule has 1 heterocycles. The van der Waals surface area contributed by atoms with Crippen molar-refractivity contribution >= 4 is 11.7 Å². The van der Waals surface area contributed by atoms with Crippen molar-refractivity contribution in [2.45, 2.75) is 12.8 Å². The van der Waals surface area contributed by atoms with Gasteiger partial charge in [-0.15, -0.1) is 0 Å². The average Bonchev–Trinajstić information content (AvgIpc) is 3.03. The number of fused-ring (bicyclic) bond motifs is 1. The maximum atomic E-state index is 12.3. The molecule has 1 aromatic carbocycles. The van der Waals surface area contributed by atoms with Crippen LogP contribution in [-0.2, 0) is 24.7 Å². The normalized spacial score (nSPS) is 13.8. The zero-order valence-corrected chi connectivity index (χ0v) is 11.1. The summed E-state index contributed by atoms with van der Waals surface area (Å²) < 4.78 is 1.51. The molecule has 0 aliphatic heterocycles. The fraction of sp³-hybridized carbons (Fsp3) is 0.267. The number of nitriles is 1. The van der Waals surface area contributed by atoms with E-state index in [1.807, 2.05) is 18.2 Å². The molecule has 0 saturated carbocycles. The summed E-state index contributed by atoms with van der Waals surface area (Å²) in [6.07, 6.45) is 2.96. The summed E-state index contributed by atoms with van der Waals surface area (Å²) >= 11 is 0. The average molecular weight is 266 g/mol. The van der Waals surface area contributed by atoms with Gasteiger partial charge in [0.25, 0.3) is 0 Å². The summed E-state index contributed by atoms with van der Waals surface area (Å²) in [5.74, 6) is 0.337. The summed E-state index contributed by atoms with van der Waals surface area (Å²) in [5.41, 5.74) is 2.85. The van der Waals surface area contributed by atoms with Gasteiger partial charge < -0.3 is 5.32 Å². The van der Waals surface area contributed by atoms with E-state index in [1.54, 1.807) is 7.05 Å². The second kappa shape index (κ2) is 4.82. The van der Waals surface area contributed by atoms with Gasteiger partial charge in [-0.3, -0.25) is 9.48 Å². The molecule has 0 unspecified atom stereocenters. The van der Waals surface area contributed by atoms with E-state index in [4.69, 9.17) is 5.26 Å². The lowest BCUT2D eigenvalue weighted by Gasteiger charge is -2.10. The molecule has 1 aliphatic carbocycles. The summed E-state index contributed by atoms with van der Waals surface area (Å²) in [6.45, 7) is 0. The van der Waals surface area contributed by atoms with Crippen molar-refractivity contribution in [1.82, 2.24) is 9.78 Å². The lowest BCUT2D eigenvalue weighted by Crippen LogP contribution is -2.24. The fourth-order valence-electron chi connectivity index (χ4n) is 2.63.